The van der Waals surface area contributed by atoms with Crippen molar-refractivity contribution in [1.82, 2.24) is 10.2 Å². The molecular formula is C21H30N4O4. The summed E-state index contributed by atoms with van der Waals surface area (Å²) >= 11 is 0. The van der Waals surface area contributed by atoms with Gasteiger partial charge in [-0.25, -0.2) is 4.79 Å². The Hall–Kier alpha value is -2.61. The predicted octanol–water partition coefficient (Wildman–Crippen LogP) is 1.83. The molecule has 2 saturated heterocycles. The molecule has 29 heavy (non-hydrogen) atoms. The summed E-state index contributed by atoms with van der Waals surface area (Å²) in [5.41, 5.74) is 7.23. The zero-order chi connectivity index (χ0) is 21.3. The number of hydrogen-bond donors (Lipinski definition) is 3. The highest BCUT2D eigenvalue weighted by atomic mass is 16.3. The van der Waals surface area contributed by atoms with Gasteiger partial charge < -0.3 is 10.8 Å². The van der Waals surface area contributed by atoms with Crippen molar-refractivity contribution in [3.05, 3.63) is 23.3 Å². The number of carbonyl (C=O) groups is 3. The maximum atomic E-state index is 12.3. The first-order valence-corrected chi connectivity index (χ1v) is 10.1. The molecule has 3 rings (SSSR count). The standard InChI is InChI=1S/C21H30N4O4/c1-21(2,3)16-10-15(25-8-6-17(26)23-20(25)29)9-14(18(16)27)12-24-7-4-5-13(11-24)19(22)28/h9-10,13,27H,4-8,11-12H2,1-3H3,(H2,22,28)(H,23,26,29). The van der Waals surface area contributed by atoms with Gasteiger partial charge in [0.25, 0.3) is 0 Å². The zero-order valence-electron chi connectivity index (χ0n) is 17.3. The van der Waals surface area contributed by atoms with Gasteiger partial charge in [-0.1, -0.05) is 20.8 Å². The molecule has 1 aromatic carbocycles. The van der Waals surface area contributed by atoms with E-state index in [9.17, 15) is 19.5 Å². The Morgan fingerprint density at radius 2 is 2.00 bits per heavy atom. The molecule has 1 unspecified atom stereocenters. The van der Waals surface area contributed by atoms with E-state index in [-0.39, 0.29) is 35.3 Å². The summed E-state index contributed by atoms with van der Waals surface area (Å²) in [5.74, 6) is -0.559. The molecular weight excluding hydrogens is 372 g/mol. The number of benzene rings is 1. The van der Waals surface area contributed by atoms with Gasteiger partial charge in [-0.2, -0.15) is 0 Å². The summed E-state index contributed by atoms with van der Waals surface area (Å²) in [6.45, 7) is 8.13. The van der Waals surface area contributed by atoms with Crippen molar-refractivity contribution in [3.63, 3.8) is 0 Å². The number of urea groups is 1. The van der Waals surface area contributed by atoms with E-state index in [1.54, 1.807) is 6.07 Å². The quantitative estimate of drug-likeness (QED) is 0.711. The number of phenolic OH excluding ortho intramolecular Hbond substituents is 1. The lowest BCUT2D eigenvalue weighted by atomic mass is 9.84. The van der Waals surface area contributed by atoms with Crippen molar-refractivity contribution in [3.8, 4) is 5.75 Å². The molecule has 1 atom stereocenters. The van der Waals surface area contributed by atoms with Crippen LogP contribution in [0.4, 0.5) is 10.5 Å². The zero-order valence-corrected chi connectivity index (χ0v) is 17.3. The summed E-state index contributed by atoms with van der Waals surface area (Å²) in [6, 6.07) is 3.16. The lowest BCUT2D eigenvalue weighted by Gasteiger charge is -2.33. The Balaban J connectivity index is 1.94. The van der Waals surface area contributed by atoms with Gasteiger partial charge in [0.2, 0.25) is 11.8 Å². The fourth-order valence-corrected chi connectivity index (χ4v) is 4.01. The van der Waals surface area contributed by atoms with E-state index in [1.165, 1.54) is 4.90 Å². The van der Waals surface area contributed by atoms with Gasteiger partial charge in [-0.05, 0) is 36.9 Å². The lowest BCUT2D eigenvalue weighted by Crippen LogP contribution is -2.49. The van der Waals surface area contributed by atoms with Crippen molar-refractivity contribution >= 4 is 23.5 Å². The molecule has 0 aliphatic carbocycles. The monoisotopic (exact) mass is 402 g/mol. The summed E-state index contributed by atoms with van der Waals surface area (Å²) in [6.07, 6.45) is 1.89. The summed E-state index contributed by atoms with van der Waals surface area (Å²) in [7, 11) is 0. The van der Waals surface area contributed by atoms with E-state index in [2.05, 4.69) is 10.2 Å². The highest BCUT2D eigenvalue weighted by Crippen LogP contribution is 2.38. The van der Waals surface area contributed by atoms with Gasteiger partial charge in [0.05, 0.1) is 5.92 Å². The van der Waals surface area contributed by atoms with Crippen LogP contribution in [0, 0.1) is 5.92 Å². The van der Waals surface area contributed by atoms with E-state index in [4.69, 9.17) is 5.73 Å². The second kappa shape index (κ2) is 8.02. The number of piperidine rings is 1. The number of phenols is 1. The minimum atomic E-state index is -0.454. The third-order valence-corrected chi connectivity index (χ3v) is 5.65. The molecule has 0 radical (unpaired) electrons. The van der Waals surface area contributed by atoms with Crippen LogP contribution < -0.4 is 16.0 Å². The summed E-state index contributed by atoms with van der Waals surface area (Å²) in [4.78, 5) is 39.1. The minimum Gasteiger partial charge on any atom is -0.507 e. The van der Waals surface area contributed by atoms with Crippen LogP contribution in [0.25, 0.3) is 0 Å². The van der Waals surface area contributed by atoms with Crippen molar-refractivity contribution in [2.24, 2.45) is 11.7 Å². The Morgan fingerprint density at radius 3 is 2.62 bits per heavy atom. The van der Waals surface area contributed by atoms with Gasteiger partial charge in [0.15, 0.2) is 0 Å². The Kier molecular flexibility index (Phi) is 5.84. The van der Waals surface area contributed by atoms with Crippen LogP contribution >= 0.6 is 0 Å². The van der Waals surface area contributed by atoms with Crippen LogP contribution in [0.1, 0.15) is 51.2 Å². The number of likely N-dealkylation sites (tertiary alicyclic amines) is 1. The third-order valence-electron chi connectivity index (χ3n) is 5.65. The van der Waals surface area contributed by atoms with E-state index in [0.29, 0.717) is 30.9 Å². The molecule has 2 aliphatic heterocycles. The highest BCUT2D eigenvalue weighted by molar-refractivity contribution is 6.05. The SMILES string of the molecule is CC(C)(C)c1cc(N2CCC(=O)NC2=O)cc(CN2CCCC(C(N)=O)C2)c1O. The fraction of sp³-hybridized carbons (Fsp3) is 0.571. The molecule has 0 spiro atoms. The van der Waals surface area contributed by atoms with Crippen LogP contribution in [0.5, 0.6) is 5.75 Å². The number of nitrogens with zero attached hydrogens (tertiary/aromatic N) is 2. The molecule has 158 valence electrons. The number of amides is 4. The summed E-state index contributed by atoms with van der Waals surface area (Å²) < 4.78 is 0. The smallest absolute Gasteiger partial charge is 0.328 e. The number of carbonyl (C=O) groups excluding carboxylic acids is 3. The maximum Gasteiger partial charge on any atom is 0.328 e. The van der Waals surface area contributed by atoms with Crippen molar-refractivity contribution in [2.75, 3.05) is 24.5 Å². The topological polar surface area (TPSA) is 116 Å². The minimum absolute atomic E-state index is 0.185. The van der Waals surface area contributed by atoms with E-state index >= 15 is 0 Å². The van der Waals surface area contributed by atoms with Gasteiger partial charge >= 0.3 is 6.03 Å². The number of aromatic hydroxyl groups is 1. The lowest BCUT2D eigenvalue weighted by molar-refractivity contribution is -0.123. The molecule has 0 aromatic heterocycles. The van der Waals surface area contributed by atoms with Crippen molar-refractivity contribution < 1.29 is 19.5 Å². The second-order valence-electron chi connectivity index (χ2n) is 8.98. The largest absolute Gasteiger partial charge is 0.507 e. The number of hydrogen-bond acceptors (Lipinski definition) is 5. The van der Waals surface area contributed by atoms with Gasteiger partial charge in [0, 0.05) is 42.9 Å². The molecule has 0 bridgehead atoms. The van der Waals surface area contributed by atoms with Crippen LogP contribution in [0.15, 0.2) is 12.1 Å². The first kappa shape index (κ1) is 21.1. The highest BCUT2D eigenvalue weighted by Gasteiger charge is 2.30. The number of rotatable bonds is 4. The van der Waals surface area contributed by atoms with Gasteiger partial charge in [0.1, 0.15) is 5.75 Å². The summed E-state index contributed by atoms with van der Waals surface area (Å²) in [5, 5.41) is 13.3. The molecule has 8 nitrogen and oxygen atoms in total. The van der Waals surface area contributed by atoms with E-state index < -0.39 is 6.03 Å². The maximum absolute atomic E-state index is 12.3. The number of primary amides is 1. The molecule has 8 heteroatoms. The van der Waals surface area contributed by atoms with Gasteiger partial charge in [-0.15, -0.1) is 0 Å². The second-order valence-corrected chi connectivity index (χ2v) is 8.98. The molecule has 2 heterocycles. The fourth-order valence-electron chi connectivity index (χ4n) is 4.01. The molecule has 4 N–H and O–H groups in total. The molecule has 2 fully saturated rings. The average Bonchev–Trinajstić information content (AvgIpc) is 2.63. The van der Waals surface area contributed by atoms with Crippen molar-refractivity contribution in [2.45, 2.75) is 52.0 Å². The predicted molar refractivity (Wildman–Crippen MR) is 110 cm³/mol. The number of imide groups is 1. The molecule has 1 aromatic rings. The third kappa shape index (κ3) is 4.70. The first-order chi connectivity index (χ1) is 13.6. The Morgan fingerprint density at radius 1 is 1.28 bits per heavy atom. The number of nitrogens with one attached hydrogen (secondary N) is 1. The Bertz CT molecular complexity index is 831. The molecule has 4 amide bonds. The van der Waals surface area contributed by atoms with Crippen LogP contribution in [-0.2, 0) is 21.5 Å². The normalized spacial score (nSPS) is 21.2. The molecule has 0 saturated carbocycles. The number of anilines is 1. The van der Waals surface area contributed by atoms with E-state index in [0.717, 1.165) is 24.9 Å². The number of nitrogens with two attached hydrogens (primary N) is 1. The van der Waals surface area contributed by atoms with Gasteiger partial charge in [-0.3, -0.25) is 24.7 Å². The Labute approximate surface area is 171 Å². The van der Waals surface area contributed by atoms with Crippen LogP contribution in [0.2, 0.25) is 0 Å². The van der Waals surface area contributed by atoms with Crippen LogP contribution in [0.3, 0.4) is 0 Å². The van der Waals surface area contributed by atoms with Crippen LogP contribution in [-0.4, -0.2) is 47.5 Å². The average molecular weight is 402 g/mol. The molecule has 2 aliphatic rings. The van der Waals surface area contributed by atoms with Crippen molar-refractivity contribution in [1.29, 1.82) is 0 Å². The first-order valence-electron chi connectivity index (χ1n) is 10.1. The van der Waals surface area contributed by atoms with E-state index in [1.807, 2.05) is 26.8 Å².